The minimum absolute atomic E-state index is 0.0515. The van der Waals surface area contributed by atoms with Crippen molar-refractivity contribution < 1.29 is 4.74 Å². The highest BCUT2D eigenvalue weighted by Gasteiger charge is 2.32. The molecule has 0 fully saturated rings. The Morgan fingerprint density at radius 3 is 2.80 bits per heavy atom. The molecule has 0 bridgehead atoms. The van der Waals surface area contributed by atoms with Crippen LogP contribution in [0.2, 0.25) is 0 Å². The van der Waals surface area contributed by atoms with Gasteiger partial charge in [-0.25, -0.2) is 0 Å². The molecule has 104 valence electrons. The van der Waals surface area contributed by atoms with Crippen LogP contribution >= 0.6 is 11.3 Å². The van der Waals surface area contributed by atoms with Crippen molar-refractivity contribution in [1.82, 2.24) is 4.98 Å². The predicted octanol–water partition coefficient (Wildman–Crippen LogP) is 4.35. The van der Waals surface area contributed by atoms with Gasteiger partial charge in [0, 0.05) is 11.5 Å². The van der Waals surface area contributed by atoms with E-state index in [2.05, 4.69) is 42.1 Å². The first-order valence-corrected chi connectivity index (χ1v) is 7.78. The van der Waals surface area contributed by atoms with Crippen LogP contribution in [0.4, 0.5) is 5.00 Å². The van der Waals surface area contributed by atoms with Gasteiger partial charge in [0.1, 0.15) is 10.8 Å². The summed E-state index contributed by atoms with van der Waals surface area (Å²) in [5.41, 5.74) is 2.98. The van der Waals surface area contributed by atoms with Gasteiger partial charge in [-0.2, -0.15) is 0 Å². The first-order chi connectivity index (χ1) is 9.79. The molecule has 2 heterocycles. The van der Waals surface area contributed by atoms with Gasteiger partial charge in [-0.1, -0.05) is 44.2 Å². The lowest BCUT2D eigenvalue weighted by atomic mass is 10.1. The zero-order valence-corrected chi connectivity index (χ0v) is 12.5. The van der Waals surface area contributed by atoms with Crippen LogP contribution in [0.15, 0.2) is 48.2 Å². The molecule has 2 unspecified atom stereocenters. The van der Waals surface area contributed by atoms with Gasteiger partial charge in [-0.15, -0.1) is 11.3 Å². The maximum atomic E-state index is 6.20. The minimum atomic E-state index is 0.0515. The van der Waals surface area contributed by atoms with Crippen LogP contribution in [0.25, 0.3) is 5.76 Å². The quantitative estimate of drug-likeness (QED) is 0.835. The van der Waals surface area contributed by atoms with Crippen molar-refractivity contribution >= 4 is 22.1 Å². The number of thiazole rings is 1. The number of benzene rings is 1. The normalized spacial score (nSPS) is 19.6. The summed E-state index contributed by atoms with van der Waals surface area (Å²) in [5.74, 6) is 1.39. The van der Waals surface area contributed by atoms with Gasteiger partial charge in [0.15, 0.2) is 6.23 Å². The van der Waals surface area contributed by atoms with Gasteiger partial charge in [0.25, 0.3) is 0 Å². The highest BCUT2D eigenvalue weighted by molar-refractivity contribution is 7.13. The zero-order chi connectivity index (χ0) is 13.9. The molecule has 4 heteroatoms. The smallest absolute Gasteiger partial charge is 0.179 e. The van der Waals surface area contributed by atoms with Gasteiger partial charge < -0.3 is 4.74 Å². The van der Waals surface area contributed by atoms with Crippen molar-refractivity contribution in [1.29, 1.82) is 0 Å². The fourth-order valence-electron chi connectivity index (χ4n) is 2.28. The second-order valence-electron chi connectivity index (χ2n) is 5.00. The second kappa shape index (κ2) is 5.67. The second-order valence-corrected chi connectivity index (χ2v) is 5.87. The Balaban J connectivity index is 1.93. The summed E-state index contributed by atoms with van der Waals surface area (Å²) in [7, 11) is 0. The molecule has 0 spiro atoms. The largest absolute Gasteiger partial charge is 0.468 e. The highest BCUT2D eigenvalue weighted by Crippen LogP contribution is 2.36. The average molecular weight is 286 g/mol. The number of hydrogen-bond donors (Lipinski definition) is 0. The molecule has 0 saturated heterocycles. The maximum Gasteiger partial charge on any atom is 0.179 e. The Kier molecular flexibility index (Phi) is 3.74. The summed E-state index contributed by atoms with van der Waals surface area (Å²) < 4.78 is 6.20. The summed E-state index contributed by atoms with van der Waals surface area (Å²) in [5, 5.41) is 1.13. The van der Waals surface area contributed by atoms with Crippen molar-refractivity contribution in [3.8, 4) is 0 Å². The Bertz CT molecular complexity index is 580. The SMILES string of the molecule is CCC(C)C1OC(c2ccccc2)=CN1c1cncs1. The molecule has 3 rings (SSSR count). The van der Waals surface area contributed by atoms with Crippen LogP contribution in [-0.4, -0.2) is 11.2 Å². The van der Waals surface area contributed by atoms with Crippen LogP contribution < -0.4 is 4.90 Å². The molecular weight excluding hydrogens is 268 g/mol. The van der Waals surface area contributed by atoms with Crippen molar-refractivity contribution in [3.05, 3.63) is 53.8 Å². The van der Waals surface area contributed by atoms with Crippen LogP contribution in [-0.2, 0) is 4.74 Å². The fourth-order valence-corrected chi connectivity index (χ4v) is 2.91. The number of aromatic nitrogens is 1. The summed E-state index contributed by atoms with van der Waals surface area (Å²) in [4.78, 5) is 6.38. The van der Waals surface area contributed by atoms with Gasteiger partial charge in [0.2, 0.25) is 0 Å². The molecule has 0 aliphatic carbocycles. The van der Waals surface area contributed by atoms with E-state index in [0.717, 1.165) is 22.7 Å². The molecule has 0 amide bonds. The molecule has 1 aromatic heterocycles. The maximum absolute atomic E-state index is 6.20. The summed E-state index contributed by atoms with van der Waals surface area (Å²) >= 11 is 1.64. The van der Waals surface area contributed by atoms with E-state index in [9.17, 15) is 0 Å². The van der Waals surface area contributed by atoms with Crippen molar-refractivity contribution in [2.45, 2.75) is 26.5 Å². The highest BCUT2D eigenvalue weighted by atomic mass is 32.1. The van der Waals surface area contributed by atoms with Crippen molar-refractivity contribution in [2.24, 2.45) is 5.92 Å². The Morgan fingerprint density at radius 1 is 1.35 bits per heavy atom. The first kappa shape index (κ1) is 13.2. The standard InChI is InChI=1S/C16H18N2OS/c1-3-12(2)16-18(15-9-17-11-20-15)10-14(19-16)13-7-5-4-6-8-13/h4-12,16H,3H2,1-2H3. The number of nitrogens with zero attached hydrogens (tertiary/aromatic N) is 2. The molecule has 1 aromatic carbocycles. The van der Waals surface area contributed by atoms with E-state index in [-0.39, 0.29) is 6.23 Å². The minimum Gasteiger partial charge on any atom is -0.468 e. The third-order valence-electron chi connectivity index (χ3n) is 3.64. The molecule has 2 aromatic rings. The molecule has 0 N–H and O–H groups in total. The lowest BCUT2D eigenvalue weighted by molar-refractivity contribution is 0.133. The monoisotopic (exact) mass is 286 g/mol. The van der Waals surface area contributed by atoms with Gasteiger partial charge in [-0.05, 0) is 6.42 Å². The van der Waals surface area contributed by atoms with E-state index in [0.29, 0.717) is 5.92 Å². The molecule has 0 saturated carbocycles. The van der Waals surface area contributed by atoms with E-state index < -0.39 is 0 Å². The van der Waals surface area contributed by atoms with E-state index in [1.807, 2.05) is 29.9 Å². The topological polar surface area (TPSA) is 25.4 Å². The number of rotatable bonds is 4. The van der Waals surface area contributed by atoms with Gasteiger partial charge in [0.05, 0.1) is 17.9 Å². The summed E-state index contributed by atoms with van der Waals surface area (Å²) in [6.07, 6.45) is 5.12. The summed E-state index contributed by atoms with van der Waals surface area (Å²) in [6.45, 7) is 4.42. The predicted molar refractivity (Wildman–Crippen MR) is 83.3 cm³/mol. The third-order valence-corrected chi connectivity index (χ3v) is 4.43. The fraction of sp³-hybridized carbons (Fsp3) is 0.312. The summed E-state index contributed by atoms with van der Waals surface area (Å²) in [6, 6.07) is 10.2. The Labute approximate surface area is 123 Å². The molecular formula is C16H18N2OS. The Hall–Kier alpha value is -1.81. The zero-order valence-electron chi connectivity index (χ0n) is 11.7. The third kappa shape index (κ3) is 2.43. The van der Waals surface area contributed by atoms with Crippen molar-refractivity contribution in [3.63, 3.8) is 0 Å². The van der Waals surface area contributed by atoms with E-state index in [1.165, 1.54) is 0 Å². The Morgan fingerprint density at radius 2 is 2.15 bits per heavy atom. The van der Waals surface area contributed by atoms with Crippen LogP contribution in [0.1, 0.15) is 25.8 Å². The van der Waals surface area contributed by atoms with E-state index >= 15 is 0 Å². The molecule has 1 aliphatic rings. The van der Waals surface area contributed by atoms with Crippen LogP contribution in [0, 0.1) is 5.92 Å². The van der Waals surface area contributed by atoms with Crippen molar-refractivity contribution in [2.75, 3.05) is 4.90 Å². The van der Waals surface area contributed by atoms with E-state index in [1.54, 1.807) is 11.3 Å². The van der Waals surface area contributed by atoms with Gasteiger partial charge in [-0.3, -0.25) is 9.88 Å². The van der Waals surface area contributed by atoms with Crippen LogP contribution in [0.5, 0.6) is 0 Å². The number of ether oxygens (including phenoxy) is 1. The molecule has 3 nitrogen and oxygen atoms in total. The number of hydrogen-bond acceptors (Lipinski definition) is 4. The lowest BCUT2D eigenvalue weighted by Gasteiger charge is -2.27. The first-order valence-electron chi connectivity index (χ1n) is 6.90. The molecule has 2 atom stereocenters. The van der Waals surface area contributed by atoms with Crippen LogP contribution in [0.3, 0.4) is 0 Å². The molecule has 20 heavy (non-hydrogen) atoms. The molecule has 0 radical (unpaired) electrons. The lowest BCUT2D eigenvalue weighted by Crippen LogP contribution is -2.33. The average Bonchev–Trinajstić information content (AvgIpc) is 3.16. The van der Waals surface area contributed by atoms with Gasteiger partial charge >= 0.3 is 0 Å². The molecule has 1 aliphatic heterocycles. The number of anilines is 1. The van der Waals surface area contributed by atoms with E-state index in [4.69, 9.17) is 4.74 Å².